The second-order valence-electron chi connectivity index (χ2n) is 6.44. The van der Waals surface area contributed by atoms with Gasteiger partial charge in [0, 0.05) is 24.7 Å². The largest absolute Gasteiger partial charge is 0.416 e. The van der Waals surface area contributed by atoms with Gasteiger partial charge in [-0.25, -0.2) is 4.98 Å². The van der Waals surface area contributed by atoms with E-state index in [-0.39, 0.29) is 30.1 Å². The third-order valence-electron chi connectivity index (χ3n) is 4.24. The van der Waals surface area contributed by atoms with E-state index in [1.165, 1.54) is 11.9 Å². The van der Waals surface area contributed by atoms with Gasteiger partial charge in [-0.05, 0) is 35.9 Å². The van der Waals surface area contributed by atoms with Gasteiger partial charge in [-0.2, -0.15) is 31.3 Å². The lowest BCUT2D eigenvalue weighted by Gasteiger charge is -2.23. The second kappa shape index (κ2) is 6.98. The Morgan fingerprint density at radius 3 is 2.00 bits per heavy atom. The number of benzene rings is 2. The van der Waals surface area contributed by atoms with Gasteiger partial charge in [-0.1, -0.05) is 6.07 Å². The summed E-state index contributed by atoms with van der Waals surface area (Å²) in [6.45, 7) is 0.0262. The minimum Gasteiger partial charge on any atom is -0.383 e. The van der Waals surface area contributed by atoms with Crippen LogP contribution in [0.1, 0.15) is 16.7 Å². The highest BCUT2D eigenvalue weighted by atomic mass is 19.4. The zero-order chi connectivity index (χ0) is 21.6. The fourth-order valence-corrected chi connectivity index (χ4v) is 2.84. The third-order valence-corrected chi connectivity index (χ3v) is 4.24. The first kappa shape index (κ1) is 20.5. The van der Waals surface area contributed by atoms with Crippen LogP contribution in [0, 0.1) is 0 Å². The van der Waals surface area contributed by atoms with Crippen molar-refractivity contribution in [2.45, 2.75) is 18.9 Å². The number of anilines is 3. The van der Waals surface area contributed by atoms with E-state index in [2.05, 4.69) is 9.97 Å². The van der Waals surface area contributed by atoms with Gasteiger partial charge in [0.25, 0.3) is 0 Å². The number of rotatable bonds is 3. The Labute approximate surface area is 161 Å². The van der Waals surface area contributed by atoms with E-state index in [0.29, 0.717) is 28.6 Å². The van der Waals surface area contributed by atoms with Crippen molar-refractivity contribution >= 4 is 28.4 Å². The van der Waals surface area contributed by atoms with Crippen molar-refractivity contribution in [1.82, 2.24) is 9.97 Å². The minimum atomic E-state index is -4.91. The monoisotopic (exact) mass is 415 g/mol. The Bertz CT molecular complexity index is 1030. The fourth-order valence-electron chi connectivity index (χ4n) is 2.84. The molecule has 0 atom stereocenters. The molecule has 4 N–H and O–H groups in total. The molecule has 29 heavy (non-hydrogen) atoms. The van der Waals surface area contributed by atoms with Crippen LogP contribution in [0.4, 0.5) is 43.8 Å². The highest BCUT2D eigenvalue weighted by Gasteiger charge is 2.37. The van der Waals surface area contributed by atoms with E-state index >= 15 is 0 Å². The van der Waals surface area contributed by atoms with E-state index in [1.54, 1.807) is 18.2 Å². The standard InChI is InChI=1S/C18H15F6N5/c1-29(8-9-2-3-14-13(4-9)15(25)28-16(26)27-14)12-6-10(17(19,20)21)5-11(7-12)18(22,23)24/h2-7H,8H2,1H3,(H4,25,26,27,28). The summed E-state index contributed by atoms with van der Waals surface area (Å²) in [4.78, 5) is 9.13. The van der Waals surface area contributed by atoms with Crippen molar-refractivity contribution < 1.29 is 26.3 Å². The maximum atomic E-state index is 13.1. The molecule has 3 rings (SSSR count). The smallest absolute Gasteiger partial charge is 0.383 e. The SMILES string of the molecule is CN(Cc1ccc2nc(N)nc(N)c2c1)c1cc(C(F)(F)F)cc(C(F)(F)F)c1. The molecule has 5 nitrogen and oxygen atoms in total. The minimum absolute atomic E-state index is 0.0106. The number of alkyl halides is 6. The number of aromatic nitrogens is 2. The first-order valence-corrected chi connectivity index (χ1v) is 8.17. The quantitative estimate of drug-likeness (QED) is 0.617. The van der Waals surface area contributed by atoms with Crippen LogP contribution in [-0.2, 0) is 18.9 Å². The summed E-state index contributed by atoms with van der Waals surface area (Å²) >= 11 is 0. The molecule has 0 fully saturated rings. The van der Waals surface area contributed by atoms with Crippen molar-refractivity contribution in [3.05, 3.63) is 53.1 Å². The number of nitrogens with two attached hydrogens (primary N) is 2. The van der Waals surface area contributed by atoms with Crippen LogP contribution in [0.15, 0.2) is 36.4 Å². The molecule has 0 aliphatic heterocycles. The predicted molar refractivity (Wildman–Crippen MR) is 96.9 cm³/mol. The molecule has 0 unspecified atom stereocenters. The first-order chi connectivity index (χ1) is 13.3. The molecule has 0 saturated carbocycles. The molecule has 0 bridgehead atoms. The van der Waals surface area contributed by atoms with Crippen molar-refractivity contribution in [2.24, 2.45) is 0 Å². The number of hydrogen-bond acceptors (Lipinski definition) is 5. The summed E-state index contributed by atoms with van der Waals surface area (Å²) in [5.41, 5.74) is 9.42. The average molecular weight is 415 g/mol. The zero-order valence-corrected chi connectivity index (χ0v) is 14.9. The first-order valence-electron chi connectivity index (χ1n) is 8.17. The predicted octanol–water partition coefficient (Wildman–Crippen LogP) is 4.47. The highest BCUT2D eigenvalue weighted by molar-refractivity contribution is 5.89. The Morgan fingerprint density at radius 2 is 1.45 bits per heavy atom. The van der Waals surface area contributed by atoms with E-state index in [9.17, 15) is 26.3 Å². The van der Waals surface area contributed by atoms with Gasteiger partial charge in [0.15, 0.2) is 0 Å². The molecular weight excluding hydrogens is 400 g/mol. The Kier molecular flexibility index (Phi) is 4.93. The Morgan fingerprint density at radius 1 is 0.862 bits per heavy atom. The third kappa shape index (κ3) is 4.44. The molecule has 1 aromatic heterocycles. The number of fused-ring (bicyclic) bond motifs is 1. The molecule has 3 aromatic rings. The van der Waals surface area contributed by atoms with Crippen LogP contribution in [0.3, 0.4) is 0 Å². The number of nitrogens with zero attached hydrogens (tertiary/aromatic N) is 3. The molecule has 0 saturated heterocycles. The molecule has 0 spiro atoms. The van der Waals surface area contributed by atoms with Gasteiger partial charge < -0.3 is 16.4 Å². The van der Waals surface area contributed by atoms with Crippen LogP contribution in [0.2, 0.25) is 0 Å². The number of halogens is 6. The van der Waals surface area contributed by atoms with Gasteiger partial charge in [0.2, 0.25) is 5.95 Å². The highest BCUT2D eigenvalue weighted by Crippen LogP contribution is 2.38. The maximum absolute atomic E-state index is 13.1. The van der Waals surface area contributed by atoms with Crippen molar-refractivity contribution in [2.75, 3.05) is 23.4 Å². The molecule has 0 amide bonds. The Hall–Kier alpha value is -3.24. The number of nitrogen functional groups attached to an aromatic ring is 2. The van der Waals surface area contributed by atoms with E-state index in [4.69, 9.17) is 11.5 Å². The van der Waals surface area contributed by atoms with Crippen molar-refractivity contribution in [3.8, 4) is 0 Å². The lowest BCUT2D eigenvalue weighted by Crippen LogP contribution is -2.19. The van der Waals surface area contributed by atoms with Gasteiger partial charge in [-0.3, -0.25) is 0 Å². The summed E-state index contributed by atoms with van der Waals surface area (Å²) in [6, 6.07) is 6.28. The lowest BCUT2D eigenvalue weighted by atomic mass is 10.1. The van der Waals surface area contributed by atoms with Gasteiger partial charge in [-0.15, -0.1) is 0 Å². The van der Waals surface area contributed by atoms with Crippen LogP contribution >= 0.6 is 0 Å². The second-order valence-corrected chi connectivity index (χ2v) is 6.44. The summed E-state index contributed by atoms with van der Waals surface area (Å²) in [5.74, 6) is 0.110. The molecule has 1 heterocycles. The molecule has 0 aliphatic rings. The van der Waals surface area contributed by atoms with Crippen LogP contribution in [-0.4, -0.2) is 17.0 Å². The molecular formula is C18H15F6N5. The molecule has 0 radical (unpaired) electrons. The lowest BCUT2D eigenvalue weighted by molar-refractivity contribution is -0.143. The normalized spacial score (nSPS) is 12.4. The summed E-state index contributed by atoms with van der Waals surface area (Å²) < 4.78 is 78.3. The van der Waals surface area contributed by atoms with Gasteiger partial charge in [0.1, 0.15) is 5.82 Å². The summed E-state index contributed by atoms with van der Waals surface area (Å²) in [7, 11) is 1.39. The summed E-state index contributed by atoms with van der Waals surface area (Å²) in [6.07, 6.45) is -9.82. The van der Waals surface area contributed by atoms with Gasteiger partial charge in [0.05, 0.1) is 16.6 Å². The van der Waals surface area contributed by atoms with Crippen LogP contribution < -0.4 is 16.4 Å². The summed E-state index contributed by atoms with van der Waals surface area (Å²) in [5, 5.41) is 0.477. The molecule has 11 heteroatoms. The van der Waals surface area contributed by atoms with E-state index < -0.39 is 23.5 Å². The molecule has 2 aromatic carbocycles. The molecule has 0 aliphatic carbocycles. The number of hydrogen-bond donors (Lipinski definition) is 2. The Balaban J connectivity index is 1.98. The molecule has 154 valence electrons. The van der Waals surface area contributed by atoms with Crippen LogP contribution in [0.5, 0.6) is 0 Å². The zero-order valence-electron chi connectivity index (χ0n) is 14.9. The fraction of sp³-hybridized carbons (Fsp3) is 0.222. The van der Waals surface area contributed by atoms with E-state index in [0.717, 1.165) is 0 Å². The maximum Gasteiger partial charge on any atom is 0.416 e. The van der Waals surface area contributed by atoms with Crippen molar-refractivity contribution in [1.29, 1.82) is 0 Å². The van der Waals surface area contributed by atoms with E-state index in [1.807, 2.05) is 0 Å². The topological polar surface area (TPSA) is 81.1 Å². The van der Waals surface area contributed by atoms with Crippen molar-refractivity contribution in [3.63, 3.8) is 0 Å². The van der Waals surface area contributed by atoms with Crippen LogP contribution in [0.25, 0.3) is 10.9 Å². The average Bonchev–Trinajstić information content (AvgIpc) is 2.60. The van der Waals surface area contributed by atoms with Gasteiger partial charge >= 0.3 is 12.4 Å².